The lowest BCUT2D eigenvalue weighted by molar-refractivity contribution is -0.120. The SMILES string of the molecule is CCCC(O)CNC(=O)Cc1c(C)nn(-c2ccc(Cl)cc2)c1C. The number of hydrogen-bond acceptors (Lipinski definition) is 3. The number of aliphatic hydroxyl groups excluding tert-OH is 1. The maximum absolute atomic E-state index is 12.1. The van der Waals surface area contributed by atoms with Gasteiger partial charge < -0.3 is 10.4 Å². The van der Waals surface area contributed by atoms with Crippen LogP contribution in [0.2, 0.25) is 5.02 Å². The van der Waals surface area contributed by atoms with Crippen molar-refractivity contribution in [3.05, 3.63) is 46.2 Å². The fourth-order valence-electron chi connectivity index (χ4n) is 2.65. The molecule has 2 N–H and O–H groups in total. The van der Waals surface area contributed by atoms with Gasteiger partial charge in [0.1, 0.15) is 0 Å². The molecule has 0 bridgehead atoms. The second kappa shape index (κ2) is 8.31. The minimum atomic E-state index is -0.488. The second-order valence-corrected chi connectivity index (χ2v) is 6.40. The molecule has 5 nitrogen and oxygen atoms in total. The van der Waals surface area contributed by atoms with Gasteiger partial charge in [-0.05, 0) is 44.5 Å². The van der Waals surface area contributed by atoms with E-state index in [1.54, 1.807) is 0 Å². The summed E-state index contributed by atoms with van der Waals surface area (Å²) in [6.07, 6.45) is 1.35. The molecule has 1 aromatic carbocycles. The highest BCUT2D eigenvalue weighted by molar-refractivity contribution is 6.30. The number of nitrogens with one attached hydrogen (secondary N) is 1. The van der Waals surface area contributed by atoms with Gasteiger partial charge in [0.05, 0.1) is 23.9 Å². The number of hydrogen-bond donors (Lipinski definition) is 2. The van der Waals surface area contributed by atoms with Gasteiger partial charge in [0.15, 0.2) is 0 Å². The lowest BCUT2D eigenvalue weighted by Crippen LogP contribution is -2.33. The van der Waals surface area contributed by atoms with Crippen LogP contribution in [0.4, 0.5) is 0 Å². The van der Waals surface area contributed by atoms with E-state index in [0.29, 0.717) is 11.4 Å². The fraction of sp³-hybridized carbons (Fsp3) is 0.444. The third kappa shape index (κ3) is 4.58. The van der Waals surface area contributed by atoms with Crippen molar-refractivity contribution in [1.29, 1.82) is 0 Å². The zero-order valence-corrected chi connectivity index (χ0v) is 15.1. The molecule has 0 aliphatic carbocycles. The molecule has 6 heteroatoms. The normalized spacial score (nSPS) is 12.2. The standard InChI is InChI=1S/C18H24ClN3O2/c1-4-5-16(23)11-20-18(24)10-17-12(2)21-22(13(17)3)15-8-6-14(19)7-9-15/h6-9,16,23H,4-5,10-11H2,1-3H3,(H,20,24). The molecule has 1 unspecified atom stereocenters. The quantitative estimate of drug-likeness (QED) is 0.807. The van der Waals surface area contributed by atoms with Gasteiger partial charge in [0, 0.05) is 22.8 Å². The Morgan fingerprint density at radius 2 is 2.00 bits per heavy atom. The van der Waals surface area contributed by atoms with Gasteiger partial charge in [-0.15, -0.1) is 0 Å². The molecule has 0 fully saturated rings. The first-order valence-corrected chi connectivity index (χ1v) is 8.56. The summed E-state index contributed by atoms with van der Waals surface area (Å²) in [6.45, 7) is 6.14. The second-order valence-electron chi connectivity index (χ2n) is 5.96. The molecule has 24 heavy (non-hydrogen) atoms. The van der Waals surface area contributed by atoms with E-state index in [-0.39, 0.29) is 18.9 Å². The molecule has 0 saturated heterocycles. The number of amides is 1. The van der Waals surface area contributed by atoms with Crippen molar-refractivity contribution >= 4 is 17.5 Å². The average Bonchev–Trinajstić information content (AvgIpc) is 2.82. The van der Waals surface area contributed by atoms with Crippen molar-refractivity contribution in [2.75, 3.05) is 6.54 Å². The van der Waals surface area contributed by atoms with Gasteiger partial charge in [0.25, 0.3) is 0 Å². The molecule has 1 aromatic heterocycles. The molecule has 0 radical (unpaired) electrons. The van der Waals surface area contributed by atoms with Crippen LogP contribution in [0.5, 0.6) is 0 Å². The number of carbonyl (C=O) groups is 1. The van der Waals surface area contributed by atoms with E-state index in [0.717, 1.165) is 29.1 Å². The molecule has 2 aromatic rings. The van der Waals surface area contributed by atoms with E-state index in [1.807, 2.05) is 49.7 Å². The third-order valence-electron chi connectivity index (χ3n) is 4.01. The van der Waals surface area contributed by atoms with E-state index in [2.05, 4.69) is 10.4 Å². The highest BCUT2D eigenvalue weighted by atomic mass is 35.5. The zero-order valence-electron chi connectivity index (χ0n) is 14.3. The van der Waals surface area contributed by atoms with Crippen LogP contribution in [0, 0.1) is 13.8 Å². The maximum Gasteiger partial charge on any atom is 0.224 e. The molecule has 0 aliphatic rings. The predicted octanol–water partition coefficient (Wildman–Crippen LogP) is 2.96. The Hall–Kier alpha value is -1.85. The summed E-state index contributed by atoms with van der Waals surface area (Å²) < 4.78 is 1.82. The Morgan fingerprint density at radius 1 is 1.33 bits per heavy atom. The summed E-state index contributed by atoms with van der Waals surface area (Å²) in [7, 11) is 0. The van der Waals surface area contributed by atoms with Crippen molar-refractivity contribution in [3.63, 3.8) is 0 Å². The number of benzene rings is 1. The fourth-order valence-corrected chi connectivity index (χ4v) is 2.78. The predicted molar refractivity (Wildman–Crippen MR) is 95.7 cm³/mol. The first kappa shape index (κ1) is 18.5. The Kier molecular flexibility index (Phi) is 6.40. The Balaban J connectivity index is 2.08. The minimum Gasteiger partial charge on any atom is -0.391 e. The lowest BCUT2D eigenvalue weighted by atomic mass is 10.1. The molecular weight excluding hydrogens is 326 g/mol. The van der Waals surface area contributed by atoms with Crippen LogP contribution in [-0.4, -0.2) is 33.4 Å². The summed E-state index contributed by atoms with van der Waals surface area (Å²) >= 11 is 5.92. The highest BCUT2D eigenvalue weighted by Gasteiger charge is 2.16. The smallest absolute Gasteiger partial charge is 0.224 e. The van der Waals surface area contributed by atoms with Crippen LogP contribution in [0.1, 0.15) is 36.7 Å². The van der Waals surface area contributed by atoms with Gasteiger partial charge in [-0.25, -0.2) is 4.68 Å². The molecule has 0 spiro atoms. The molecule has 1 atom stereocenters. The average molecular weight is 350 g/mol. The number of aromatic nitrogens is 2. The van der Waals surface area contributed by atoms with Gasteiger partial charge in [-0.1, -0.05) is 24.9 Å². The van der Waals surface area contributed by atoms with Gasteiger partial charge in [0.2, 0.25) is 5.91 Å². The number of nitrogens with zero attached hydrogens (tertiary/aromatic N) is 2. The van der Waals surface area contributed by atoms with Gasteiger partial charge in [-0.2, -0.15) is 5.10 Å². The number of rotatable bonds is 7. The van der Waals surface area contributed by atoms with Crippen LogP contribution in [0.25, 0.3) is 5.69 Å². The van der Waals surface area contributed by atoms with Crippen LogP contribution in [0.15, 0.2) is 24.3 Å². The largest absolute Gasteiger partial charge is 0.391 e. The van der Waals surface area contributed by atoms with Crippen molar-refractivity contribution < 1.29 is 9.90 Å². The van der Waals surface area contributed by atoms with Crippen LogP contribution in [0.3, 0.4) is 0 Å². The van der Waals surface area contributed by atoms with Crippen molar-refractivity contribution in [2.45, 2.75) is 46.1 Å². The lowest BCUT2D eigenvalue weighted by Gasteiger charge is -2.11. The Labute approximate surface area is 147 Å². The summed E-state index contributed by atoms with van der Waals surface area (Å²) in [5, 5.41) is 17.7. The molecule has 1 amide bonds. The van der Waals surface area contributed by atoms with Gasteiger partial charge >= 0.3 is 0 Å². The minimum absolute atomic E-state index is 0.105. The Bertz CT molecular complexity index is 695. The number of aliphatic hydroxyl groups is 1. The Morgan fingerprint density at radius 3 is 2.62 bits per heavy atom. The first-order valence-electron chi connectivity index (χ1n) is 8.18. The van der Waals surface area contributed by atoms with Crippen molar-refractivity contribution in [2.24, 2.45) is 0 Å². The molecule has 0 saturated carbocycles. The summed E-state index contributed by atoms with van der Waals surface area (Å²) in [4.78, 5) is 12.1. The van der Waals surface area contributed by atoms with Crippen molar-refractivity contribution in [3.8, 4) is 5.69 Å². The molecular formula is C18H24ClN3O2. The summed E-state index contributed by atoms with van der Waals surface area (Å²) in [5.41, 5.74) is 3.57. The number of halogens is 1. The van der Waals surface area contributed by atoms with Crippen molar-refractivity contribution in [1.82, 2.24) is 15.1 Å². The highest BCUT2D eigenvalue weighted by Crippen LogP contribution is 2.20. The topological polar surface area (TPSA) is 67.2 Å². The molecule has 0 aliphatic heterocycles. The number of aryl methyl sites for hydroxylation is 1. The van der Waals surface area contributed by atoms with Crippen LogP contribution < -0.4 is 5.32 Å². The van der Waals surface area contributed by atoms with E-state index in [9.17, 15) is 9.90 Å². The van der Waals surface area contributed by atoms with E-state index < -0.39 is 6.10 Å². The van der Waals surface area contributed by atoms with Crippen LogP contribution >= 0.6 is 11.6 Å². The van der Waals surface area contributed by atoms with E-state index in [4.69, 9.17) is 11.6 Å². The van der Waals surface area contributed by atoms with E-state index >= 15 is 0 Å². The first-order chi connectivity index (χ1) is 11.4. The van der Waals surface area contributed by atoms with E-state index in [1.165, 1.54) is 0 Å². The summed E-state index contributed by atoms with van der Waals surface area (Å²) in [6, 6.07) is 7.42. The van der Waals surface area contributed by atoms with Gasteiger partial charge in [-0.3, -0.25) is 4.79 Å². The zero-order chi connectivity index (χ0) is 17.7. The molecule has 1 heterocycles. The molecule has 2 rings (SSSR count). The monoisotopic (exact) mass is 349 g/mol. The third-order valence-corrected chi connectivity index (χ3v) is 4.26. The molecule has 130 valence electrons. The van der Waals surface area contributed by atoms with Crippen LogP contribution in [-0.2, 0) is 11.2 Å². The number of carbonyl (C=O) groups excluding carboxylic acids is 1. The summed E-state index contributed by atoms with van der Waals surface area (Å²) in [5.74, 6) is -0.105. The maximum atomic E-state index is 12.1.